The number of nitrogens with zero attached hydrogens (tertiary/aromatic N) is 1. The first kappa shape index (κ1) is 8.39. The first-order valence-corrected chi connectivity index (χ1v) is 3.20. The first-order valence-electron chi connectivity index (χ1n) is 3.20. The van der Waals surface area contributed by atoms with Gasteiger partial charge in [-0.25, -0.2) is 9.18 Å². The van der Waals surface area contributed by atoms with Crippen molar-refractivity contribution in [3.05, 3.63) is 35.9 Å². The lowest BCUT2D eigenvalue weighted by molar-refractivity contribution is -0.131. The molecule has 0 aromatic carbocycles. The quantitative estimate of drug-likeness (QED) is 0.676. The van der Waals surface area contributed by atoms with Crippen molar-refractivity contribution in [3.63, 3.8) is 0 Å². The summed E-state index contributed by atoms with van der Waals surface area (Å²) < 4.78 is 12.4. The van der Waals surface area contributed by atoms with Crippen molar-refractivity contribution in [2.24, 2.45) is 0 Å². The van der Waals surface area contributed by atoms with Gasteiger partial charge in [0.05, 0.1) is 6.20 Å². The molecule has 0 fully saturated rings. The molecule has 0 amide bonds. The van der Waals surface area contributed by atoms with Crippen molar-refractivity contribution in [2.75, 3.05) is 0 Å². The summed E-state index contributed by atoms with van der Waals surface area (Å²) in [6.45, 7) is 0. The molecule has 0 bridgehead atoms. The van der Waals surface area contributed by atoms with Crippen molar-refractivity contribution in [3.8, 4) is 0 Å². The fourth-order valence-corrected chi connectivity index (χ4v) is 0.687. The van der Waals surface area contributed by atoms with Crippen LogP contribution in [0.3, 0.4) is 0 Å². The Bertz CT molecular complexity index is 323. The van der Waals surface area contributed by atoms with Crippen LogP contribution in [-0.4, -0.2) is 16.1 Å². The summed E-state index contributed by atoms with van der Waals surface area (Å²) in [4.78, 5) is 13.6. The summed E-state index contributed by atoms with van der Waals surface area (Å²) in [5.41, 5.74) is 0.428. The SMILES string of the molecule is O=C(O)/C=C\c1cncc(F)c1. The van der Waals surface area contributed by atoms with Crippen molar-refractivity contribution < 1.29 is 14.3 Å². The van der Waals surface area contributed by atoms with Crippen molar-refractivity contribution in [1.29, 1.82) is 0 Å². The Labute approximate surface area is 68.2 Å². The maximum Gasteiger partial charge on any atom is 0.328 e. The largest absolute Gasteiger partial charge is 0.478 e. The molecule has 0 radical (unpaired) electrons. The molecule has 0 atom stereocenters. The summed E-state index contributed by atoms with van der Waals surface area (Å²) in [5.74, 6) is -1.55. The van der Waals surface area contributed by atoms with E-state index in [4.69, 9.17) is 5.11 Å². The van der Waals surface area contributed by atoms with Crippen LogP contribution in [0.5, 0.6) is 0 Å². The Morgan fingerprint density at radius 3 is 2.92 bits per heavy atom. The van der Waals surface area contributed by atoms with Gasteiger partial charge in [0.25, 0.3) is 0 Å². The van der Waals surface area contributed by atoms with E-state index in [2.05, 4.69) is 4.98 Å². The van der Waals surface area contributed by atoms with Crippen LogP contribution in [0.2, 0.25) is 0 Å². The van der Waals surface area contributed by atoms with E-state index >= 15 is 0 Å². The van der Waals surface area contributed by atoms with Gasteiger partial charge in [0.2, 0.25) is 0 Å². The summed E-state index contributed by atoms with van der Waals surface area (Å²) in [5, 5.41) is 8.24. The average molecular weight is 167 g/mol. The van der Waals surface area contributed by atoms with E-state index in [0.29, 0.717) is 5.56 Å². The molecule has 0 aliphatic heterocycles. The van der Waals surface area contributed by atoms with Gasteiger partial charge in [-0.3, -0.25) is 4.98 Å². The molecule has 1 aromatic rings. The number of halogens is 1. The number of hydrogen-bond donors (Lipinski definition) is 1. The second kappa shape index (κ2) is 3.61. The van der Waals surface area contributed by atoms with E-state index in [1.807, 2.05) is 0 Å². The van der Waals surface area contributed by atoms with E-state index in [0.717, 1.165) is 12.3 Å². The fourth-order valence-electron chi connectivity index (χ4n) is 0.687. The lowest BCUT2D eigenvalue weighted by Gasteiger charge is -1.90. The Morgan fingerprint density at radius 1 is 1.58 bits per heavy atom. The monoisotopic (exact) mass is 167 g/mol. The maximum absolute atomic E-state index is 12.4. The number of carbonyl (C=O) groups is 1. The number of carboxylic acids is 1. The van der Waals surface area contributed by atoms with Gasteiger partial charge in [-0.15, -0.1) is 0 Å². The molecule has 0 saturated carbocycles. The van der Waals surface area contributed by atoms with Crippen LogP contribution < -0.4 is 0 Å². The van der Waals surface area contributed by atoms with Gasteiger partial charge in [0.1, 0.15) is 5.82 Å². The van der Waals surface area contributed by atoms with E-state index in [1.165, 1.54) is 18.3 Å². The van der Waals surface area contributed by atoms with Gasteiger partial charge >= 0.3 is 5.97 Å². The molecule has 1 N–H and O–H groups in total. The topological polar surface area (TPSA) is 50.2 Å². The summed E-state index contributed by atoms with van der Waals surface area (Å²) >= 11 is 0. The zero-order valence-corrected chi connectivity index (χ0v) is 6.07. The molecule has 3 nitrogen and oxygen atoms in total. The first-order chi connectivity index (χ1) is 5.68. The Balaban J connectivity index is 2.83. The summed E-state index contributed by atoms with van der Waals surface area (Å²) in [6, 6.07) is 1.20. The van der Waals surface area contributed by atoms with Gasteiger partial charge in [0.15, 0.2) is 0 Å². The van der Waals surface area contributed by atoms with Gasteiger partial charge in [-0.2, -0.15) is 0 Å². The van der Waals surface area contributed by atoms with Crippen LogP contribution in [0, 0.1) is 5.82 Å². The maximum atomic E-state index is 12.4. The molecule has 0 saturated heterocycles. The smallest absolute Gasteiger partial charge is 0.328 e. The van der Waals surface area contributed by atoms with E-state index < -0.39 is 11.8 Å². The van der Waals surface area contributed by atoms with Crippen LogP contribution in [-0.2, 0) is 4.79 Å². The predicted molar refractivity (Wildman–Crippen MR) is 40.9 cm³/mol. The highest BCUT2D eigenvalue weighted by Gasteiger charge is 1.92. The number of aromatic nitrogens is 1. The third-order valence-corrected chi connectivity index (χ3v) is 1.14. The molecule has 1 heterocycles. The zero-order valence-electron chi connectivity index (χ0n) is 6.07. The van der Waals surface area contributed by atoms with Crippen LogP contribution in [0.1, 0.15) is 5.56 Å². The van der Waals surface area contributed by atoms with Crippen LogP contribution >= 0.6 is 0 Å². The normalized spacial score (nSPS) is 10.4. The lowest BCUT2D eigenvalue weighted by Crippen LogP contribution is -1.86. The summed E-state index contributed by atoms with van der Waals surface area (Å²) in [6.07, 6.45) is 4.63. The highest BCUT2D eigenvalue weighted by atomic mass is 19.1. The highest BCUT2D eigenvalue weighted by molar-refractivity contribution is 5.85. The van der Waals surface area contributed by atoms with Gasteiger partial charge in [0, 0.05) is 12.3 Å². The molecule has 12 heavy (non-hydrogen) atoms. The van der Waals surface area contributed by atoms with Gasteiger partial charge in [-0.1, -0.05) is 0 Å². The fraction of sp³-hybridized carbons (Fsp3) is 0. The Kier molecular flexibility index (Phi) is 2.53. The molecule has 1 aromatic heterocycles. The molecular weight excluding hydrogens is 161 g/mol. The van der Waals surface area contributed by atoms with E-state index in [1.54, 1.807) is 0 Å². The molecule has 62 valence electrons. The zero-order chi connectivity index (χ0) is 8.97. The second-order valence-electron chi connectivity index (χ2n) is 2.11. The second-order valence-corrected chi connectivity index (χ2v) is 2.11. The Hall–Kier alpha value is -1.71. The predicted octanol–water partition coefficient (Wildman–Crippen LogP) is 1.32. The molecule has 0 unspecified atom stereocenters. The van der Waals surface area contributed by atoms with Crippen LogP contribution in [0.25, 0.3) is 6.08 Å². The van der Waals surface area contributed by atoms with Crippen molar-refractivity contribution in [1.82, 2.24) is 4.98 Å². The molecule has 4 heteroatoms. The molecule has 0 aliphatic carbocycles. The van der Waals surface area contributed by atoms with Gasteiger partial charge < -0.3 is 5.11 Å². The van der Waals surface area contributed by atoms with Crippen molar-refractivity contribution >= 4 is 12.0 Å². The van der Waals surface area contributed by atoms with Crippen LogP contribution in [0.15, 0.2) is 24.5 Å². The van der Waals surface area contributed by atoms with E-state index in [9.17, 15) is 9.18 Å². The number of carboxylic acid groups (broad SMARTS) is 1. The number of rotatable bonds is 2. The van der Waals surface area contributed by atoms with E-state index in [-0.39, 0.29) is 0 Å². The Morgan fingerprint density at radius 2 is 2.33 bits per heavy atom. The minimum Gasteiger partial charge on any atom is -0.478 e. The number of hydrogen-bond acceptors (Lipinski definition) is 2. The molecule has 0 spiro atoms. The summed E-state index contributed by atoms with van der Waals surface area (Å²) in [7, 11) is 0. The third-order valence-electron chi connectivity index (χ3n) is 1.14. The molecule has 1 rings (SSSR count). The standard InChI is InChI=1S/C8H6FNO2/c9-7-3-6(4-10-5-7)1-2-8(11)12/h1-5H,(H,11,12)/b2-1-. The number of aliphatic carboxylic acids is 1. The third kappa shape index (κ3) is 2.49. The lowest BCUT2D eigenvalue weighted by atomic mass is 10.2. The van der Waals surface area contributed by atoms with Gasteiger partial charge in [-0.05, 0) is 17.7 Å². The highest BCUT2D eigenvalue weighted by Crippen LogP contribution is 2.02. The average Bonchev–Trinajstić information content (AvgIpc) is 2.01. The number of pyridine rings is 1. The minimum absolute atomic E-state index is 0.428. The minimum atomic E-state index is -1.07. The van der Waals surface area contributed by atoms with Crippen molar-refractivity contribution in [2.45, 2.75) is 0 Å². The van der Waals surface area contributed by atoms with Crippen LogP contribution in [0.4, 0.5) is 4.39 Å². The molecular formula is C8H6FNO2. The molecule has 0 aliphatic rings.